The molecule has 0 aromatic rings. The highest BCUT2D eigenvalue weighted by Crippen LogP contribution is 2.15. The molecular weight excluding hydrogens is 191 g/mol. The molecule has 0 N–H and O–H groups in total. The summed E-state index contributed by atoms with van der Waals surface area (Å²) in [5.41, 5.74) is -0.572. The Morgan fingerprint density at radius 3 is 2.31 bits per heavy atom. The van der Waals surface area contributed by atoms with Gasteiger partial charge in [-0.3, -0.25) is 4.57 Å². The third-order valence-electron chi connectivity index (χ3n) is 1.03. The van der Waals surface area contributed by atoms with Gasteiger partial charge in [0.2, 0.25) is 5.85 Å². The standard InChI is InChI=1S/C8H15O4P/c1-5-11-7(13-10)6(9)12-8(2,3)4/h7H,5H2,1-4H3. The Kier molecular flexibility index (Phi) is 5.11. The molecule has 0 heterocycles. The van der Waals surface area contributed by atoms with Crippen molar-refractivity contribution in [1.82, 2.24) is 0 Å². The van der Waals surface area contributed by atoms with Crippen molar-refractivity contribution < 1.29 is 18.8 Å². The van der Waals surface area contributed by atoms with Crippen molar-refractivity contribution in [3.8, 4) is 0 Å². The largest absolute Gasteiger partial charge is 0.457 e. The smallest absolute Gasteiger partial charge is 0.347 e. The number of ether oxygens (including phenoxy) is 2. The first-order valence-corrected chi connectivity index (χ1v) is 4.95. The summed E-state index contributed by atoms with van der Waals surface area (Å²) in [4.78, 5) is 11.2. The van der Waals surface area contributed by atoms with E-state index in [9.17, 15) is 9.36 Å². The van der Waals surface area contributed by atoms with Gasteiger partial charge in [-0.05, 0) is 27.7 Å². The van der Waals surface area contributed by atoms with E-state index in [-0.39, 0.29) is 8.46 Å². The van der Waals surface area contributed by atoms with Crippen molar-refractivity contribution in [2.45, 2.75) is 39.1 Å². The summed E-state index contributed by atoms with van der Waals surface area (Å²) in [5.74, 6) is -1.59. The topological polar surface area (TPSA) is 52.6 Å². The Labute approximate surface area is 79.8 Å². The number of carbonyl (C=O) groups is 1. The lowest BCUT2D eigenvalue weighted by Gasteiger charge is -2.21. The van der Waals surface area contributed by atoms with Crippen LogP contribution in [0.3, 0.4) is 0 Å². The van der Waals surface area contributed by atoms with E-state index in [4.69, 9.17) is 9.47 Å². The van der Waals surface area contributed by atoms with Crippen molar-refractivity contribution in [2.75, 3.05) is 6.61 Å². The molecule has 1 unspecified atom stereocenters. The summed E-state index contributed by atoms with van der Waals surface area (Å²) < 4.78 is 20.4. The Morgan fingerprint density at radius 2 is 2.00 bits per heavy atom. The normalized spacial score (nSPS) is 14.2. The highest BCUT2D eigenvalue weighted by atomic mass is 31.1. The van der Waals surface area contributed by atoms with Crippen LogP contribution in [-0.4, -0.2) is 24.0 Å². The highest BCUT2D eigenvalue weighted by molar-refractivity contribution is 7.26. The number of hydrogen-bond donors (Lipinski definition) is 0. The minimum Gasteiger partial charge on any atom is -0.457 e. The van der Waals surface area contributed by atoms with E-state index < -0.39 is 17.4 Å². The molecule has 0 aromatic heterocycles. The van der Waals surface area contributed by atoms with Crippen LogP contribution in [0.4, 0.5) is 0 Å². The summed E-state index contributed by atoms with van der Waals surface area (Å²) in [6.45, 7) is 7.29. The van der Waals surface area contributed by atoms with Crippen LogP contribution >= 0.6 is 8.46 Å². The van der Waals surface area contributed by atoms with Crippen LogP contribution in [0.2, 0.25) is 0 Å². The van der Waals surface area contributed by atoms with Gasteiger partial charge in [0.05, 0.1) is 0 Å². The van der Waals surface area contributed by atoms with Gasteiger partial charge >= 0.3 is 5.97 Å². The van der Waals surface area contributed by atoms with Gasteiger partial charge in [-0.1, -0.05) is 0 Å². The van der Waals surface area contributed by atoms with Crippen LogP contribution in [0.25, 0.3) is 0 Å². The summed E-state index contributed by atoms with van der Waals surface area (Å²) >= 11 is 0. The summed E-state index contributed by atoms with van der Waals surface area (Å²) in [6.07, 6.45) is 0. The molecule has 13 heavy (non-hydrogen) atoms. The van der Waals surface area contributed by atoms with Crippen molar-refractivity contribution >= 4 is 14.4 Å². The lowest BCUT2D eigenvalue weighted by molar-refractivity contribution is -0.162. The molecule has 1 atom stereocenters. The maximum atomic E-state index is 11.2. The van der Waals surface area contributed by atoms with Gasteiger partial charge in [-0.15, -0.1) is 0 Å². The van der Waals surface area contributed by atoms with Gasteiger partial charge in [0.15, 0.2) is 8.46 Å². The molecule has 0 saturated heterocycles. The molecule has 0 aliphatic heterocycles. The second kappa shape index (κ2) is 5.30. The van der Waals surface area contributed by atoms with E-state index in [0.29, 0.717) is 6.61 Å². The molecule has 0 aromatic carbocycles. The van der Waals surface area contributed by atoms with Crippen LogP contribution in [0.1, 0.15) is 27.7 Å². The fraction of sp³-hybridized carbons (Fsp3) is 0.875. The molecule has 0 aliphatic rings. The first-order chi connectivity index (χ1) is 5.90. The van der Waals surface area contributed by atoms with Crippen molar-refractivity contribution in [3.05, 3.63) is 0 Å². The highest BCUT2D eigenvalue weighted by Gasteiger charge is 2.25. The number of carbonyl (C=O) groups excluding carboxylic acids is 1. The predicted molar refractivity (Wildman–Crippen MR) is 48.9 cm³/mol. The molecule has 0 radical (unpaired) electrons. The fourth-order valence-electron chi connectivity index (χ4n) is 0.652. The average Bonchev–Trinajstić information content (AvgIpc) is 1.96. The molecule has 0 spiro atoms. The Morgan fingerprint density at radius 1 is 1.46 bits per heavy atom. The average molecular weight is 206 g/mol. The molecular formula is C8H15O4P. The van der Waals surface area contributed by atoms with E-state index >= 15 is 0 Å². The van der Waals surface area contributed by atoms with E-state index in [1.807, 2.05) is 0 Å². The first-order valence-electron chi connectivity index (χ1n) is 4.07. The molecule has 76 valence electrons. The monoisotopic (exact) mass is 206 g/mol. The predicted octanol–water partition coefficient (Wildman–Crippen LogP) is 1.98. The Hall–Kier alpha value is -0.470. The molecule has 0 saturated carbocycles. The third kappa shape index (κ3) is 5.72. The first kappa shape index (κ1) is 12.5. The van der Waals surface area contributed by atoms with Crippen molar-refractivity contribution in [2.24, 2.45) is 0 Å². The van der Waals surface area contributed by atoms with E-state index in [2.05, 4.69) is 0 Å². The Balaban J connectivity index is 4.14. The maximum absolute atomic E-state index is 11.2. The second-order valence-corrected chi connectivity index (χ2v) is 4.13. The van der Waals surface area contributed by atoms with Crippen molar-refractivity contribution in [1.29, 1.82) is 0 Å². The van der Waals surface area contributed by atoms with Crippen LogP contribution < -0.4 is 0 Å². The molecule has 0 rings (SSSR count). The zero-order chi connectivity index (χ0) is 10.5. The van der Waals surface area contributed by atoms with Gasteiger partial charge < -0.3 is 9.47 Å². The molecule has 5 heteroatoms. The minimum atomic E-state index is -0.996. The third-order valence-corrected chi connectivity index (χ3v) is 1.58. The fourth-order valence-corrected chi connectivity index (χ4v) is 1.00. The van der Waals surface area contributed by atoms with E-state index in [1.54, 1.807) is 27.7 Å². The molecule has 0 bridgehead atoms. The maximum Gasteiger partial charge on any atom is 0.347 e. The van der Waals surface area contributed by atoms with Gasteiger partial charge in [0.1, 0.15) is 5.60 Å². The summed E-state index contributed by atoms with van der Waals surface area (Å²) in [7, 11) is -0.364. The van der Waals surface area contributed by atoms with Gasteiger partial charge in [0.25, 0.3) is 0 Å². The number of hydrogen-bond acceptors (Lipinski definition) is 4. The lowest BCUT2D eigenvalue weighted by atomic mass is 10.2. The number of rotatable bonds is 4. The SMILES string of the molecule is CCOC(P=O)C(=O)OC(C)(C)C. The van der Waals surface area contributed by atoms with Crippen LogP contribution in [0.5, 0.6) is 0 Å². The van der Waals surface area contributed by atoms with Crippen LogP contribution in [0, 0.1) is 0 Å². The van der Waals surface area contributed by atoms with Gasteiger partial charge in [0, 0.05) is 6.61 Å². The van der Waals surface area contributed by atoms with Gasteiger partial charge in [-0.25, -0.2) is 4.79 Å². The van der Waals surface area contributed by atoms with Crippen LogP contribution in [-0.2, 0) is 18.8 Å². The van der Waals surface area contributed by atoms with Gasteiger partial charge in [-0.2, -0.15) is 0 Å². The van der Waals surface area contributed by atoms with Crippen molar-refractivity contribution in [3.63, 3.8) is 0 Å². The molecule has 4 nitrogen and oxygen atoms in total. The zero-order valence-electron chi connectivity index (χ0n) is 8.36. The summed E-state index contributed by atoms with van der Waals surface area (Å²) in [5, 5.41) is 0. The van der Waals surface area contributed by atoms with Crippen LogP contribution in [0.15, 0.2) is 0 Å². The minimum absolute atomic E-state index is 0.332. The quantitative estimate of drug-likeness (QED) is 0.521. The molecule has 0 fully saturated rings. The summed E-state index contributed by atoms with van der Waals surface area (Å²) in [6, 6.07) is 0. The number of esters is 1. The molecule has 0 aliphatic carbocycles. The Bertz CT molecular complexity index is 185. The zero-order valence-corrected chi connectivity index (χ0v) is 9.26. The van der Waals surface area contributed by atoms with E-state index in [1.165, 1.54) is 0 Å². The lowest BCUT2D eigenvalue weighted by Crippen LogP contribution is -2.30. The molecule has 0 amide bonds. The second-order valence-electron chi connectivity index (χ2n) is 3.45. The van der Waals surface area contributed by atoms with E-state index in [0.717, 1.165) is 0 Å².